The summed E-state index contributed by atoms with van der Waals surface area (Å²) in [5, 5.41) is 7.15. The highest BCUT2D eigenvalue weighted by atomic mass is 15.2. The van der Waals surface area contributed by atoms with Crippen LogP contribution >= 0.6 is 0 Å². The van der Waals surface area contributed by atoms with Gasteiger partial charge in [0.1, 0.15) is 0 Å². The molecule has 2 heterocycles. The number of hydrogen-bond acceptors (Lipinski definition) is 3. The van der Waals surface area contributed by atoms with Crippen LogP contribution in [-0.2, 0) is 6.54 Å². The van der Waals surface area contributed by atoms with E-state index in [1.165, 1.54) is 57.3 Å². The summed E-state index contributed by atoms with van der Waals surface area (Å²) in [6.45, 7) is 13.4. The number of guanidine groups is 1. The molecule has 0 bridgehead atoms. The molecular formula is C24H41N5. The largest absolute Gasteiger partial charge is 0.357 e. The third kappa shape index (κ3) is 7.63. The standard InChI is InChI=1S/C24H41N5/c1-3-25-24(26-15-10-21-11-16-28(4-2)17-12-21)27-23-13-18-29(19-14-23)20-22-8-6-5-7-9-22/h5-9,21,23H,3-4,10-20H2,1-2H3,(H2,25,26,27). The average Bonchev–Trinajstić information content (AvgIpc) is 2.76. The van der Waals surface area contributed by atoms with Crippen molar-refractivity contribution in [3.8, 4) is 0 Å². The molecule has 3 rings (SSSR count). The molecule has 1 aromatic rings. The second kappa shape index (κ2) is 12.2. The minimum absolute atomic E-state index is 0.535. The molecule has 2 aliphatic rings. The first kappa shape index (κ1) is 22.1. The Labute approximate surface area is 178 Å². The lowest BCUT2D eigenvalue weighted by Gasteiger charge is -2.33. The van der Waals surface area contributed by atoms with Crippen LogP contribution in [0, 0.1) is 5.92 Å². The van der Waals surface area contributed by atoms with Crippen molar-refractivity contribution in [1.82, 2.24) is 20.4 Å². The monoisotopic (exact) mass is 399 g/mol. The second-order valence-corrected chi connectivity index (χ2v) is 8.61. The molecule has 2 fully saturated rings. The zero-order valence-corrected chi connectivity index (χ0v) is 18.6. The van der Waals surface area contributed by atoms with E-state index in [2.05, 4.69) is 64.6 Å². The van der Waals surface area contributed by atoms with Crippen molar-refractivity contribution in [1.29, 1.82) is 0 Å². The molecule has 5 nitrogen and oxygen atoms in total. The molecule has 5 heteroatoms. The van der Waals surface area contributed by atoms with Gasteiger partial charge in [-0.25, -0.2) is 0 Å². The molecule has 0 aliphatic carbocycles. The van der Waals surface area contributed by atoms with Crippen LogP contribution < -0.4 is 10.6 Å². The van der Waals surface area contributed by atoms with E-state index >= 15 is 0 Å². The van der Waals surface area contributed by atoms with Crippen molar-refractivity contribution in [2.45, 2.75) is 58.5 Å². The van der Waals surface area contributed by atoms with Crippen LogP contribution in [0.5, 0.6) is 0 Å². The van der Waals surface area contributed by atoms with Crippen molar-refractivity contribution in [3.05, 3.63) is 35.9 Å². The van der Waals surface area contributed by atoms with E-state index in [9.17, 15) is 0 Å². The zero-order valence-electron chi connectivity index (χ0n) is 18.6. The van der Waals surface area contributed by atoms with E-state index in [-0.39, 0.29) is 0 Å². The molecule has 0 atom stereocenters. The molecule has 2 N–H and O–H groups in total. The smallest absolute Gasteiger partial charge is 0.191 e. The molecule has 0 unspecified atom stereocenters. The fraction of sp³-hybridized carbons (Fsp3) is 0.708. The third-order valence-electron chi connectivity index (χ3n) is 6.48. The summed E-state index contributed by atoms with van der Waals surface area (Å²) in [5.74, 6) is 1.87. The van der Waals surface area contributed by atoms with Gasteiger partial charge in [-0.2, -0.15) is 0 Å². The van der Waals surface area contributed by atoms with Crippen LogP contribution in [0.25, 0.3) is 0 Å². The topological polar surface area (TPSA) is 42.9 Å². The minimum Gasteiger partial charge on any atom is -0.357 e. The number of nitrogens with one attached hydrogen (secondary N) is 2. The van der Waals surface area contributed by atoms with Gasteiger partial charge in [0.05, 0.1) is 0 Å². The Hall–Kier alpha value is -1.59. The van der Waals surface area contributed by atoms with E-state index in [4.69, 9.17) is 4.99 Å². The van der Waals surface area contributed by atoms with Crippen LogP contribution in [0.2, 0.25) is 0 Å². The highest BCUT2D eigenvalue weighted by Crippen LogP contribution is 2.20. The fourth-order valence-corrected chi connectivity index (χ4v) is 4.54. The Bertz CT molecular complexity index is 587. The Balaban J connectivity index is 1.38. The quantitative estimate of drug-likeness (QED) is 0.520. The number of likely N-dealkylation sites (tertiary alicyclic amines) is 2. The minimum atomic E-state index is 0.535. The van der Waals surface area contributed by atoms with Crippen LogP contribution in [0.4, 0.5) is 0 Å². The normalized spacial score (nSPS) is 20.7. The van der Waals surface area contributed by atoms with E-state index in [1.807, 2.05) is 0 Å². The molecular weight excluding hydrogens is 358 g/mol. The lowest BCUT2D eigenvalue weighted by molar-refractivity contribution is 0.188. The summed E-state index contributed by atoms with van der Waals surface area (Å²) in [6, 6.07) is 11.4. The first-order valence-electron chi connectivity index (χ1n) is 11.8. The number of piperidine rings is 2. The van der Waals surface area contributed by atoms with Crippen LogP contribution in [-0.4, -0.2) is 67.6 Å². The summed E-state index contributed by atoms with van der Waals surface area (Å²) in [7, 11) is 0. The predicted octanol–water partition coefficient (Wildman–Crippen LogP) is 3.33. The van der Waals surface area contributed by atoms with Crippen molar-refractivity contribution in [2.24, 2.45) is 10.9 Å². The van der Waals surface area contributed by atoms with E-state index in [0.717, 1.165) is 44.6 Å². The number of hydrogen-bond donors (Lipinski definition) is 2. The highest BCUT2D eigenvalue weighted by Gasteiger charge is 2.20. The van der Waals surface area contributed by atoms with Gasteiger partial charge in [-0.15, -0.1) is 0 Å². The van der Waals surface area contributed by atoms with Crippen LogP contribution in [0.3, 0.4) is 0 Å². The van der Waals surface area contributed by atoms with Gasteiger partial charge in [-0.3, -0.25) is 9.89 Å². The Morgan fingerprint density at radius 3 is 2.31 bits per heavy atom. The van der Waals surface area contributed by atoms with Gasteiger partial charge in [0.25, 0.3) is 0 Å². The summed E-state index contributed by atoms with van der Waals surface area (Å²) in [6.07, 6.45) is 6.28. The Kier molecular flexibility index (Phi) is 9.29. The lowest BCUT2D eigenvalue weighted by Crippen LogP contribution is -2.48. The van der Waals surface area contributed by atoms with Gasteiger partial charge in [0.2, 0.25) is 0 Å². The van der Waals surface area contributed by atoms with Crippen molar-refractivity contribution in [3.63, 3.8) is 0 Å². The van der Waals surface area contributed by atoms with Crippen molar-refractivity contribution >= 4 is 5.96 Å². The van der Waals surface area contributed by atoms with E-state index in [0.29, 0.717) is 6.04 Å². The first-order chi connectivity index (χ1) is 14.3. The Morgan fingerprint density at radius 1 is 0.966 bits per heavy atom. The summed E-state index contributed by atoms with van der Waals surface area (Å²) in [4.78, 5) is 10.0. The first-order valence-corrected chi connectivity index (χ1v) is 11.8. The van der Waals surface area contributed by atoms with Gasteiger partial charge < -0.3 is 15.5 Å². The zero-order chi connectivity index (χ0) is 20.3. The number of nitrogens with zero attached hydrogens (tertiary/aromatic N) is 3. The van der Waals surface area contributed by atoms with Gasteiger partial charge in [0.15, 0.2) is 5.96 Å². The average molecular weight is 400 g/mol. The molecule has 0 saturated carbocycles. The van der Waals surface area contributed by atoms with Crippen molar-refractivity contribution in [2.75, 3.05) is 45.8 Å². The Morgan fingerprint density at radius 2 is 1.66 bits per heavy atom. The van der Waals surface area contributed by atoms with Crippen molar-refractivity contribution < 1.29 is 0 Å². The molecule has 2 saturated heterocycles. The highest BCUT2D eigenvalue weighted by molar-refractivity contribution is 5.80. The number of aliphatic imine (C=N–C) groups is 1. The third-order valence-corrected chi connectivity index (χ3v) is 6.48. The van der Waals surface area contributed by atoms with Gasteiger partial charge in [0, 0.05) is 38.8 Å². The van der Waals surface area contributed by atoms with Crippen LogP contribution in [0.15, 0.2) is 35.3 Å². The molecule has 2 aliphatic heterocycles. The molecule has 29 heavy (non-hydrogen) atoms. The molecule has 0 spiro atoms. The molecule has 1 aromatic carbocycles. The predicted molar refractivity (Wildman–Crippen MR) is 123 cm³/mol. The maximum atomic E-state index is 4.89. The maximum absolute atomic E-state index is 4.89. The fourth-order valence-electron chi connectivity index (χ4n) is 4.54. The van der Waals surface area contributed by atoms with E-state index < -0.39 is 0 Å². The van der Waals surface area contributed by atoms with Gasteiger partial charge in [-0.05, 0) is 70.1 Å². The summed E-state index contributed by atoms with van der Waals surface area (Å²) < 4.78 is 0. The van der Waals surface area contributed by atoms with Gasteiger partial charge in [-0.1, -0.05) is 37.3 Å². The van der Waals surface area contributed by atoms with E-state index in [1.54, 1.807) is 0 Å². The van der Waals surface area contributed by atoms with Crippen LogP contribution in [0.1, 0.15) is 51.5 Å². The molecule has 162 valence electrons. The summed E-state index contributed by atoms with van der Waals surface area (Å²) in [5.41, 5.74) is 1.42. The lowest BCUT2D eigenvalue weighted by atomic mass is 9.94. The number of benzene rings is 1. The molecule has 0 radical (unpaired) electrons. The van der Waals surface area contributed by atoms with Gasteiger partial charge >= 0.3 is 0 Å². The summed E-state index contributed by atoms with van der Waals surface area (Å²) >= 11 is 0. The molecule has 0 aromatic heterocycles. The SMILES string of the molecule is CCNC(=NCCC1CCN(CC)CC1)NC1CCN(Cc2ccccc2)CC1. The molecule has 0 amide bonds. The second-order valence-electron chi connectivity index (χ2n) is 8.61. The number of rotatable bonds is 8. The maximum Gasteiger partial charge on any atom is 0.191 e.